The summed E-state index contributed by atoms with van der Waals surface area (Å²) in [6, 6.07) is 9.45. The minimum absolute atomic E-state index is 0.0139. The fourth-order valence-electron chi connectivity index (χ4n) is 3.21. The topological polar surface area (TPSA) is 94.4 Å². The van der Waals surface area contributed by atoms with Crippen molar-refractivity contribution in [2.75, 3.05) is 37.9 Å². The van der Waals surface area contributed by atoms with Crippen LogP contribution in [-0.2, 0) is 11.3 Å². The first-order valence-corrected chi connectivity index (χ1v) is 10.5. The van der Waals surface area contributed by atoms with E-state index in [1.54, 1.807) is 5.01 Å². The smallest absolute Gasteiger partial charge is 0.269 e. The molecular formula is C22H27ClN6O2. The minimum atomic E-state index is -0.282. The quantitative estimate of drug-likeness (QED) is 0.687. The number of benzene rings is 1. The summed E-state index contributed by atoms with van der Waals surface area (Å²) in [4.78, 5) is 23.3. The number of anilines is 1. The molecule has 1 aliphatic rings. The van der Waals surface area contributed by atoms with E-state index in [4.69, 9.17) is 21.6 Å². The maximum atomic E-state index is 13.0. The van der Waals surface area contributed by atoms with Gasteiger partial charge in [-0.25, -0.2) is 4.98 Å². The van der Waals surface area contributed by atoms with Crippen molar-refractivity contribution in [3.63, 3.8) is 0 Å². The van der Waals surface area contributed by atoms with Gasteiger partial charge in [-0.05, 0) is 23.1 Å². The van der Waals surface area contributed by atoms with Crippen LogP contribution in [0, 0.1) is 16.7 Å². The van der Waals surface area contributed by atoms with Crippen LogP contribution in [0.2, 0.25) is 5.02 Å². The molecule has 1 fully saturated rings. The molecule has 1 aromatic heterocycles. The highest BCUT2D eigenvalue weighted by molar-refractivity contribution is 6.32. The molecule has 164 valence electrons. The van der Waals surface area contributed by atoms with Crippen LogP contribution in [0.1, 0.15) is 42.5 Å². The number of nitrogens with one attached hydrogen (secondary N) is 1. The van der Waals surface area contributed by atoms with Crippen LogP contribution in [0.3, 0.4) is 0 Å². The molecule has 1 aromatic carbocycles. The largest absolute Gasteiger partial charge is 0.379 e. The SMILES string of the molecule is CC(C)(C)CN(NC(=O)c1ccc(CN2CCOCC2)cc1)c1nc(C#N)ncc1Cl. The lowest BCUT2D eigenvalue weighted by Crippen LogP contribution is -2.47. The molecule has 9 heteroatoms. The molecule has 8 nitrogen and oxygen atoms in total. The Kier molecular flexibility index (Phi) is 7.44. The summed E-state index contributed by atoms with van der Waals surface area (Å²) in [5.41, 5.74) is 4.38. The number of amides is 1. The van der Waals surface area contributed by atoms with Gasteiger partial charge in [-0.3, -0.25) is 20.1 Å². The van der Waals surface area contributed by atoms with Crippen molar-refractivity contribution < 1.29 is 9.53 Å². The van der Waals surface area contributed by atoms with E-state index in [9.17, 15) is 4.79 Å². The Bertz CT molecular complexity index is 946. The first-order chi connectivity index (χ1) is 14.7. The van der Waals surface area contributed by atoms with Crippen molar-refractivity contribution in [2.45, 2.75) is 27.3 Å². The predicted molar refractivity (Wildman–Crippen MR) is 119 cm³/mol. The third-order valence-electron chi connectivity index (χ3n) is 4.68. The van der Waals surface area contributed by atoms with E-state index in [-0.39, 0.29) is 22.2 Å². The predicted octanol–water partition coefficient (Wildman–Crippen LogP) is 3.03. The van der Waals surface area contributed by atoms with Crippen LogP contribution in [-0.4, -0.2) is 53.6 Å². The molecule has 0 spiro atoms. The average molecular weight is 443 g/mol. The zero-order valence-electron chi connectivity index (χ0n) is 18.1. The number of rotatable bonds is 6. The van der Waals surface area contributed by atoms with Crippen molar-refractivity contribution >= 4 is 23.3 Å². The van der Waals surface area contributed by atoms with Crippen LogP contribution in [0.25, 0.3) is 0 Å². The number of carbonyl (C=O) groups excluding carboxylic acids is 1. The van der Waals surface area contributed by atoms with Gasteiger partial charge in [-0.2, -0.15) is 10.2 Å². The Balaban J connectivity index is 1.75. The van der Waals surface area contributed by atoms with Gasteiger partial charge >= 0.3 is 0 Å². The van der Waals surface area contributed by atoms with Crippen LogP contribution in [0.5, 0.6) is 0 Å². The van der Waals surface area contributed by atoms with Crippen LogP contribution < -0.4 is 10.4 Å². The lowest BCUT2D eigenvalue weighted by molar-refractivity contribution is 0.0342. The van der Waals surface area contributed by atoms with Crippen molar-refractivity contribution in [1.82, 2.24) is 20.3 Å². The number of hydrazine groups is 1. The first-order valence-electron chi connectivity index (χ1n) is 10.2. The van der Waals surface area contributed by atoms with Crippen molar-refractivity contribution in [1.29, 1.82) is 5.26 Å². The molecule has 2 aromatic rings. The molecule has 0 atom stereocenters. The van der Waals surface area contributed by atoms with E-state index in [1.165, 1.54) is 6.20 Å². The molecule has 0 unspecified atom stereocenters. The number of halogens is 1. The number of nitriles is 1. The molecule has 0 saturated carbocycles. The summed E-state index contributed by atoms with van der Waals surface area (Å²) in [7, 11) is 0. The van der Waals surface area contributed by atoms with Crippen LogP contribution in [0.15, 0.2) is 30.5 Å². The van der Waals surface area contributed by atoms with Gasteiger partial charge in [0.2, 0.25) is 5.82 Å². The van der Waals surface area contributed by atoms with Crippen molar-refractivity contribution in [3.8, 4) is 6.07 Å². The highest BCUT2D eigenvalue weighted by Crippen LogP contribution is 2.25. The fraction of sp³-hybridized carbons (Fsp3) is 0.455. The molecule has 2 heterocycles. The number of nitrogens with zero attached hydrogens (tertiary/aromatic N) is 5. The summed E-state index contributed by atoms with van der Waals surface area (Å²) >= 11 is 6.28. The lowest BCUT2D eigenvalue weighted by Gasteiger charge is -2.31. The number of morpholine rings is 1. The minimum Gasteiger partial charge on any atom is -0.379 e. The van der Waals surface area contributed by atoms with Gasteiger partial charge in [0, 0.05) is 31.7 Å². The third-order valence-corrected chi connectivity index (χ3v) is 4.94. The van der Waals surface area contributed by atoms with E-state index in [0.29, 0.717) is 17.9 Å². The van der Waals surface area contributed by atoms with Crippen molar-refractivity contribution in [2.24, 2.45) is 5.41 Å². The number of ether oxygens (including phenoxy) is 1. The summed E-state index contributed by atoms with van der Waals surface area (Å²) in [6.45, 7) is 10.7. The van der Waals surface area contributed by atoms with Gasteiger partial charge in [0.15, 0.2) is 5.82 Å². The highest BCUT2D eigenvalue weighted by atomic mass is 35.5. The maximum Gasteiger partial charge on any atom is 0.269 e. The second-order valence-corrected chi connectivity index (χ2v) is 9.06. The zero-order valence-corrected chi connectivity index (χ0v) is 18.8. The Hall–Kier alpha value is -2.73. The monoisotopic (exact) mass is 442 g/mol. The molecular weight excluding hydrogens is 416 g/mol. The van der Waals surface area contributed by atoms with E-state index in [1.807, 2.05) is 51.1 Å². The number of hydrogen-bond donors (Lipinski definition) is 1. The average Bonchev–Trinajstić information content (AvgIpc) is 2.74. The molecule has 0 bridgehead atoms. The molecule has 31 heavy (non-hydrogen) atoms. The number of carbonyl (C=O) groups is 1. The van der Waals surface area contributed by atoms with Crippen molar-refractivity contribution in [3.05, 3.63) is 52.4 Å². The number of hydrogen-bond acceptors (Lipinski definition) is 7. The Morgan fingerprint density at radius 3 is 2.58 bits per heavy atom. The van der Waals surface area contributed by atoms with E-state index >= 15 is 0 Å². The normalized spacial score (nSPS) is 14.7. The fourth-order valence-corrected chi connectivity index (χ4v) is 3.40. The van der Waals surface area contributed by atoms with Crippen LogP contribution >= 0.6 is 11.6 Å². The molecule has 1 aliphatic heterocycles. The van der Waals surface area contributed by atoms with Gasteiger partial charge in [0.25, 0.3) is 5.91 Å². The molecule has 1 saturated heterocycles. The summed E-state index contributed by atoms with van der Waals surface area (Å²) < 4.78 is 5.38. The first kappa shape index (κ1) is 22.9. The van der Waals surface area contributed by atoms with E-state index in [2.05, 4.69) is 20.3 Å². The molecule has 1 amide bonds. The second kappa shape index (κ2) is 10.1. The molecule has 0 radical (unpaired) electrons. The number of aromatic nitrogens is 2. The Morgan fingerprint density at radius 2 is 1.97 bits per heavy atom. The van der Waals surface area contributed by atoms with Gasteiger partial charge in [0.1, 0.15) is 11.1 Å². The van der Waals surface area contributed by atoms with Gasteiger partial charge < -0.3 is 4.74 Å². The summed E-state index contributed by atoms with van der Waals surface area (Å²) in [5, 5.41) is 11.0. The van der Waals surface area contributed by atoms with E-state index in [0.717, 1.165) is 38.4 Å². The van der Waals surface area contributed by atoms with E-state index < -0.39 is 0 Å². The summed E-state index contributed by atoms with van der Waals surface area (Å²) in [5.74, 6) is -0.00388. The lowest BCUT2D eigenvalue weighted by atomic mass is 9.97. The Morgan fingerprint density at radius 1 is 1.29 bits per heavy atom. The third kappa shape index (κ3) is 6.62. The van der Waals surface area contributed by atoms with Gasteiger partial charge in [-0.1, -0.05) is 44.5 Å². The van der Waals surface area contributed by atoms with Gasteiger partial charge in [-0.15, -0.1) is 0 Å². The summed E-state index contributed by atoms with van der Waals surface area (Å²) in [6.07, 6.45) is 1.37. The molecule has 0 aliphatic carbocycles. The maximum absolute atomic E-state index is 13.0. The zero-order chi connectivity index (χ0) is 22.4. The Labute approximate surface area is 187 Å². The van der Waals surface area contributed by atoms with Gasteiger partial charge in [0.05, 0.1) is 19.4 Å². The van der Waals surface area contributed by atoms with Crippen LogP contribution in [0.4, 0.5) is 5.82 Å². The molecule has 1 N–H and O–H groups in total. The second-order valence-electron chi connectivity index (χ2n) is 8.65. The molecule has 3 rings (SSSR count). The standard InChI is InChI=1S/C22H27ClN6O2/c1-22(2,3)15-29(20-18(23)13-25-19(12-24)26-20)27-21(30)17-6-4-16(5-7-17)14-28-8-10-31-11-9-28/h4-7,13H,8-11,14-15H2,1-3H3,(H,27,30). The highest BCUT2D eigenvalue weighted by Gasteiger charge is 2.23.